The van der Waals surface area contributed by atoms with E-state index in [4.69, 9.17) is 18.9 Å². The molecule has 1 aromatic heterocycles. The van der Waals surface area contributed by atoms with Gasteiger partial charge in [0.25, 0.3) is 5.56 Å². The Kier molecular flexibility index (Phi) is 7.17. The Morgan fingerprint density at radius 2 is 1.69 bits per heavy atom. The van der Waals surface area contributed by atoms with Crippen molar-refractivity contribution in [1.82, 2.24) is 9.55 Å². The molecule has 36 heavy (non-hydrogen) atoms. The number of fused-ring (bicyclic) bond motifs is 1. The molecular weight excluding hydrogens is 464 g/mol. The van der Waals surface area contributed by atoms with Crippen LogP contribution in [0.4, 0.5) is 0 Å². The van der Waals surface area contributed by atoms with E-state index < -0.39 is 41.4 Å². The fraction of sp³-hybridized carbons (Fsp3) is 0.407. The van der Waals surface area contributed by atoms with Crippen LogP contribution in [0.1, 0.15) is 29.3 Å². The minimum absolute atomic E-state index is 0.190. The highest BCUT2D eigenvalue weighted by molar-refractivity contribution is 5.17. The molecule has 5 rings (SSSR count). The monoisotopic (exact) mass is 494 g/mol. The molecule has 0 amide bonds. The maximum atomic E-state index is 12.8. The molecule has 0 unspecified atom stereocenters. The van der Waals surface area contributed by atoms with Gasteiger partial charge in [0.1, 0.15) is 17.8 Å². The summed E-state index contributed by atoms with van der Waals surface area (Å²) >= 11 is 0. The largest absolute Gasteiger partial charge is 0.394 e. The van der Waals surface area contributed by atoms with Crippen molar-refractivity contribution in [2.24, 2.45) is 0 Å². The van der Waals surface area contributed by atoms with E-state index in [2.05, 4.69) is 4.98 Å². The minimum atomic E-state index is -0.978. The van der Waals surface area contributed by atoms with Gasteiger partial charge in [0.2, 0.25) is 0 Å². The van der Waals surface area contributed by atoms with Gasteiger partial charge in [-0.15, -0.1) is 0 Å². The molecule has 9 nitrogen and oxygen atoms in total. The molecule has 2 aromatic carbocycles. The van der Waals surface area contributed by atoms with Crippen LogP contribution in [0.15, 0.2) is 76.4 Å². The average molecular weight is 495 g/mol. The molecule has 3 heterocycles. The summed E-state index contributed by atoms with van der Waals surface area (Å²) in [5.74, 6) is 0. The molecule has 2 aliphatic heterocycles. The summed E-state index contributed by atoms with van der Waals surface area (Å²) < 4.78 is 26.5. The summed E-state index contributed by atoms with van der Waals surface area (Å²) in [6.07, 6.45) is -0.814. The van der Waals surface area contributed by atoms with E-state index in [0.717, 1.165) is 11.1 Å². The summed E-state index contributed by atoms with van der Waals surface area (Å²) in [5, 5.41) is 9.96. The summed E-state index contributed by atoms with van der Waals surface area (Å²) in [6.45, 7) is 2.29. The molecule has 2 aliphatic rings. The van der Waals surface area contributed by atoms with Crippen LogP contribution in [0, 0.1) is 6.92 Å². The number of nitrogens with one attached hydrogen (secondary N) is 1. The Labute approximate surface area is 208 Å². The van der Waals surface area contributed by atoms with E-state index in [1.807, 2.05) is 60.7 Å². The number of hydrogen-bond acceptors (Lipinski definition) is 7. The van der Waals surface area contributed by atoms with E-state index in [0.29, 0.717) is 25.2 Å². The fourth-order valence-corrected chi connectivity index (χ4v) is 4.98. The quantitative estimate of drug-likeness (QED) is 0.468. The highest BCUT2D eigenvalue weighted by Gasteiger charge is 2.64. The maximum absolute atomic E-state index is 12.8. The number of ether oxygens (including phenoxy) is 4. The highest BCUT2D eigenvalue weighted by Crippen LogP contribution is 2.50. The van der Waals surface area contributed by atoms with Crippen LogP contribution < -0.4 is 11.2 Å². The predicted octanol–water partition coefficient (Wildman–Crippen LogP) is 2.06. The van der Waals surface area contributed by atoms with E-state index in [-0.39, 0.29) is 13.2 Å². The SMILES string of the molecule is Cc1cn([C@@H]2O[C@H](COCc3ccccc3)[C@]3(OCc4ccccc4)C[C@@H](CO)O[C@H]23)c(=O)[nH]c1=O. The van der Waals surface area contributed by atoms with Crippen LogP contribution in [-0.2, 0) is 32.2 Å². The predicted molar refractivity (Wildman–Crippen MR) is 130 cm³/mol. The second-order valence-electron chi connectivity index (χ2n) is 9.29. The smallest absolute Gasteiger partial charge is 0.330 e. The molecule has 190 valence electrons. The van der Waals surface area contributed by atoms with Crippen molar-refractivity contribution < 1.29 is 24.1 Å². The first-order chi connectivity index (χ1) is 17.5. The third-order valence-corrected chi connectivity index (χ3v) is 6.83. The second-order valence-corrected chi connectivity index (χ2v) is 9.29. The molecule has 0 saturated carbocycles. The number of aliphatic hydroxyl groups is 1. The van der Waals surface area contributed by atoms with Gasteiger partial charge in [0, 0.05) is 18.2 Å². The molecule has 9 heteroatoms. The Balaban J connectivity index is 1.47. The number of benzene rings is 2. The molecular formula is C27H30N2O7. The van der Waals surface area contributed by atoms with Crippen molar-refractivity contribution in [3.8, 4) is 0 Å². The topological polar surface area (TPSA) is 112 Å². The molecule has 0 aliphatic carbocycles. The number of H-pyrrole nitrogens is 1. The summed E-state index contributed by atoms with van der Waals surface area (Å²) in [5.41, 5.74) is 0.329. The second kappa shape index (κ2) is 10.5. The number of hydrogen-bond donors (Lipinski definition) is 2. The first-order valence-electron chi connectivity index (χ1n) is 12.0. The average Bonchev–Trinajstić information content (AvgIpc) is 3.41. The maximum Gasteiger partial charge on any atom is 0.330 e. The van der Waals surface area contributed by atoms with Crippen LogP contribution in [-0.4, -0.2) is 51.8 Å². The third kappa shape index (κ3) is 4.80. The molecule has 2 fully saturated rings. The van der Waals surface area contributed by atoms with E-state index in [9.17, 15) is 14.7 Å². The number of aromatic nitrogens is 2. The van der Waals surface area contributed by atoms with Crippen molar-refractivity contribution in [3.63, 3.8) is 0 Å². The van der Waals surface area contributed by atoms with E-state index >= 15 is 0 Å². The number of aryl methyl sites for hydroxylation is 1. The highest BCUT2D eigenvalue weighted by atomic mass is 16.7. The van der Waals surface area contributed by atoms with Crippen LogP contribution in [0.2, 0.25) is 0 Å². The fourth-order valence-electron chi connectivity index (χ4n) is 4.98. The Hall–Kier alpha value is -3.08. The van der Waals surface area contributed by atoms with Crippen LogP contribution >= 0.6 is 0 Å². The first kappa shape index (κ1) is 24.6. The molecule has 5 atom stereocenters. The van der Waals surface area contributed by atoms with Gasteiger partial charge in [-0.2, -0.15) is 0 Å². The van der Waals surface area contributed by atoms with Crippen LogP contribution in [0.25, 0.3) is 0 Å². The third-order valence-electron chi connectivity index (χ3n) is 6.83. The number of aliphatic hydroxyl groups excluding tert-OH is 1. The van der Waals surface area contributed by atoms with Gasteiger partial charge in [-0.1, -0.05) is 60.7 Å². The van der Waals surface area contributed by atoms with Crippen molar-refractivity contribution in [2.45, 2.75) is 56.7 Å². The van der Waals surface area contributed by atoms with Gasteiger partial charge in [-0.3, -0.25) is 14.3 Å². The normalized spacial score (nSPS) is 27.3. The van der Waals surface area contributed by atoms with Crippen molar-refractivity contribution in [2.75, 3.05) is 13.2 Å². The molecule has 0 spiro atoms. The molecule has 0 radical (unpaired) electrons. The number of aromatic amines is 1. The lowest BCUT2D eigenvalue weighted by atomic mass is 9.89. The van der Waals surface area contributed by atoms with Gasteiger partial charge >= 0.3 is 5.69 Å². The lowest BCUT2D eigenvalue weighted by Gasteiger charge is -2.32. The Morgan fingerprint density at radius 1 is 1.03 bits per heavy atom. The van der Waals surface area contributed by atoms with Gasteiger partial charge in [0.05, 0.1) is 32.5 Å². The molecule has 3 aromatic rings. The minimum Gasteiger partial charge on any atom is -0.394 e. The van der Waals surface area contributed by atoms with Crippen molar-refractivity contribution >= 4 is 0 Å². The van der Waals surface area contributed by atoms with Gasteiger partial charge in [-0.05, 0) is 18.1 Å². The Morgan fingerprint density at radius 3 is 2.36 bits per heavy atom. The summed E-state index contributed by atoms with van der Waals surface area (Å²) in [7, 11) is 0. The zero-order valence-electron chi connectivity index (χ0n) is 20.0. The van der Waals surface area contributed by atoms with Gasteiger partial charge in [-0.25, -0.2) is 4.79 Å². The summed E-state index contributed by atoms with van der Waals surface area (Å²) in [4.78, 5) is 27.1. The van der Waals surface area contributed by atoms with Gasteiger partial charge in [0.15, 0.2) is 6.23 Å². The van der Waals surface area contributed by atoms with Crippen LogP contribution in [0.5, 0.6) is 0 Å². The van der Waals surface area contributed by atoms with E-state index in [1.165, 1.54) is 10.8 Å². The van der Waals surface area contributed by atoms with Crippen LogP contribution in [0.3, 0.4) is 0 Å². The van der Waals surface area contributed by atoms with Crippen molar-refractivity contribution in [3.05, 3.63) is 104 Å². The first-order valence-corrected chi connectivity index (χ1v) is 12.0. The zero-order chi connectivity index (χ0) is 25.1. The van der Waals surface area contributed by atoms with E-state index in [1.54, 1.807) is 6.92 Å². The molecule has 2 N–H and O–H groups in total. The number of rotatable bonds is 9. The number of nitrogens with zero attached hydrogens (tertiary/aromatic N) is 1. The zero-order valence-corrected chi connectivity index (χ0v) is 20.0. The van der Waals surface area contributed by atoms with Crippen molar-refractivity contribution in [1.29, 1.82) is 0 Å². The van der Waals surface area contributed by atoms with Gasteiger partial charge < -0.3 is 24.1 Å². The molecule has 0 bridgehead atoms. The molecule has 2 saturated heterocycles. The Bertz CT molecular complexity index is 1280. The lowest BCUT2D eigenvalue weighted by molar-refractivity contribution is -0.134. The summed E-state index contributed by atoms with van der Waals surface area (Å²) in [6, 6.07) is 19.5. The standard InChI is InChI=1S/C27H30N2O7/c1-18-13-29(26(32)28-24(18)31)25-23-27(12-21(14-30)35-23,34-16-20-10-6-3-7-11-20)22(36-25)17-33-15-19-8-4-2-5-9-19/h2-11,13,21-23,25,30H,12,14-17H2,1H3,(H,28,31,32)/t21-,22+,23+,25+,27+/m0/s1. The lowest BCUT2D eigenvalue weighted by Crippen LogP contribution is -2.49.